The lowest BCUT2D eigenvalue weighted by atomic mass is 10.1. The summed E-state index contributed by atoms with van der Waals surface area (Å²) in [7, 11) is -3.37. The molecular weight excluding hydrogens is 282 g/mol. The number of nitrogens with zero attached hydrogens (tertiary/aromatic N) is 1. The fourth-order valence-corrected chi connectivity index (χ4v) is 4.37. The molecule has 1 heterocycles. The van der Waals surface area contributed by atoms with E-state index in [4.69, 9.17) is 11.6 Å². The second kappa shape index (κ2) is 6.25. The van der Waals surface area contributed by atoms with Crippen LogP contribution >= 0.6 is 11.6 Å². The maximum Gasteiger partial charge on any atom is 0.243 e. The first-order valence-electron chi connectivity index (χ1n) is 6.72. The Morgan fingerprint density at radius 1 is 1.21 bits per heavy atom. The van der Waals surface area contributed by atoms with Gasteiger partial charge in [0.15, 0.2) is 0 Å². The van der Waals surface area contributed by atoms with Gasteiger partial charge in [0, 0.05) is 18.5 Å². The smallest absolute Gasteiger partial charge is 0.207 e. The van der Waals surface area contributed by atoms with Gasteiger partial charge in [0.2, 0.25) is 10.0 Å². The third-order valence-electron chi connectivity index (χ3n) is 3.68. The van der Waals surface area contributed by atoms with Crippen LogP contribution in [0.4, 0.5) is 0 Å². The summed E-state index contributed by atoms with van der Waals surface area (Å²) in [4.78, 5) is 0.370. The van der Waals surface area contributed by atoms with E-state index in [0.29, 0.717) is 17.3 Å². The van der Waals surface area contributed by atoms with Crippen molar-refractivity contribution in [2.75, 3.05) is 6.54 Å². The monoisotopic (exact) mass is 301 g/mol. The molecule has 0 spiro atoms. The summed E-state index contributed by atoms with van der Waals surface area (Å²) in [5, 5.41) is 0. The van der Waals surface area contributed by atoms with Crippen molar-refractivity contribution in [2.45, 2.75) is 49.4 Å². The lowest BCUT2D eigenvalue weighted by Crippen LogP contribution is -2.38. The minimum atomic E-state index is -3.37. The van der Waals surface area contributed by atoms with Crippen molar-refractivity contribution in [2.24, 2.45) is 0 Å². The zero-order valence-electron chi connectivity index (χ0n) is 11.2. The van der Waals surface area contributed by atoms with E-state index in [1.54, 1.807) is 28.6 Å². The number of rotatable bonds is 3. The maximum absolute atomic E-state index is 12.6. The van der Waals surface area contributed by atoms with Crippen molar-refractivity contribution in [3.63, 3.8) is 0 Å². The number of halogens is 1. The Balaban J connectivity index is 2.29. The highest BCUT2D eigenvalue weighted by Gasteiger charge is 2.29. The van der Waals surface area contributed by atoms with E-state index in [1.807, 2.05) is 6.92 Å². The summed E-state index contributed by atoms with van der Waals surface area (Å²) < 4.78 is 26.9. The summed E-state index contributed by atoms with van der Waals surface area (Å²) in [5.74, 6) is 0.403. The average molecular weight is 302 g/mol. The molecule has 3 nitrogen and oxygen atoms in total. The number of hydrogen-bond acceptors (Lipinski definition) is 2. The standard InChI is InChI=1S/C14H20ClNO2S/c1-12-5-3-2-4-10-16(12)19(17,18)14-8-6-13(11-15)7-9-14/h6-9,12H,2-5,10-11H2,1H3. The first kappa shape index (κ1) is 14.8. The Bertz CT molecular complexity index is 513. The molecule has 2 rings (SSSR count). The molecule has 0 aliphatic carbocycles. The molecule has 0 amide bonds. The van der Waals surface area contributed by atoms with Crippen molar-refractivity contribution in [3.8, 4) is 0 Å². The minimum Gasteiger partial charge on any atom is -0.207 e. The van der Waals surface area contributed by atoms with Crippen LogP contribution in [0, 0.1) is 0 Å². The molecule has 1 fully saturated rings. The first-order chi connectivity index (χ1) is 9.05. The fourth-order valence-electron chi connectivity index (χ4n) is 2.49. The molecule has 0 bridgehead atoms. The van der Waals surface area contributed by atoms with Crippen LogP contribution in [0.3, 0.4) is 0 Å². The third kappa shape index (κ3) is 3.30. The molecule has 0 radical (unpaired) electrons. The second-order valence-electron chi connectivity index (χ2n) is 5.09. The SMILES string of the molecule is CC1CCCCCN1S(=O)(=O)c1ccc(CCl)cc1. The van der Waals surface area contributed by atoms with Gasteiger partial charge in [-0.3, -0.25) is 0 Å². The van der Waals surface area contributed by atoms with Gasteiger partial charge >= 0.3 is 0 Å². The van der Waals surface area contributed by atoms with Gasteiger partial charge in [-0.2, -0.15) is 4.31 Å². The highest BCUT2D eigenvalue weighted by Crippen LogP contribution is 2.24. The van der Waals surface area contributed by atoms with E-state index in [1.165, 1.54) is 0 Å². The highest BCUT2D eigenvalue weighted by molar-refractivity contribution is 7.89. The van der Waals surface area contributed by atoms with Crippen LogP contribution in [0.2, 0.25) is 0 Å². The van der Waals surface area contributed by atoms with Gasteiger partial charge in [-0.1, -0.05) is 25.0 Å². The Hall–Kier alpha value is -0.580. The molecule has 0 saturated carbocycles. The molecule has 1 aromatic rings. The number of hydrogen-bond donors (Lipinski definition) is 0. The van der Waals surface area contributed by atoms with Gasteiger partial charge in [-0.15, -0.1) is 11.6 Å². The maximum atomic E-state index is 12.6. The lowest BCUT2D eigenvalue weighted by molar-refractivity contribution is 0.342. The molecule has 1 saturated heterocycles. The molecule has 1 aromatic carbocycles. The molecule has 0 N–H and O–H groups in total. The third-order valence-corrected chi connectivity index (χ3v) is 6.01. The Morgan fingerprint density at radius 2 is 1.89 bits per heavy atom. The topological polar surface area (TPSA) is 37.4 Å². The van der Waals surface area contributed by atoms with E-state index in [0.717, 1.165) is 31.2 Å². The van der Waals surface area contributed by atoms with Gasteiger partial charge in [0.25, 0.3) is 0 Å². The molecule has 5 heteroatoms. The summed E-state index contributed by atoms with van der Waals surface area (Å²) in [6, 6.07) is 6.96. The van der Waals surface area contributed by atoms with Crippen LogP contribution in [-0.4, -0.2) is 25.3 Å². The van der Waals surface area contributed by atoms with Crippen LogP contribution < -0.4 is 0 Å². The molecule has 1 unspecified atom stereocenters. The summed E-state index contributed by atoms with van der Waals surface area (Å²) in [5.41, 5.74) is 0.935. The molecule has 1 atom stereocenters. The highest BCUT2D eigenvalue weighted by atomic mass is 35.5. The molecule has 106 valence electrons. The second-order valence-corrected chi connectivity index (χ2v) is 7.25. The Morgan fingerprint density at radius 3 is 2.53 bits per heavy atom. The minimum absolute atomic E-state index is 0.0835. The van der Waals surface area contributed by atoms with Crippen LogP contribution in [0.25, 0.3) is 0 Å². The lowest BCUT2D eigenvalue weighted by Gasteiger charge is -2.26. The fraction of sp³-hybridized carbons (Fsp3) is 0.571. The predicted molar refractivity (Wildman–Crippen MR) is 77.8 cm³/mol. The van der Waals surface area contributed by atoms with E-state index >= 15 is 0 Å². The number of alkyl halides is 1. The summed E-state index contributed by atoms with van der Waals surface area (Å²) >= 11 is 5.73. The zero-order chi connectivity index (χ0) is 13.9. The molecule has 0 aromatic heterocycles. The van der Waals surface area contributed by atoms with Gasteiger partial charge in [-0.05, 0) is 37.5 Å². The zero-order valence-corrected chi connectivity index (χ0v) is 12.8. The largest absolute Gasteiger partial charge is 0.243 e. The molecule has 1 aliphatic heterocycles. The van der Waals surface area contributed by atoms with Crippen LogP contribution in [0.5, 0.6) is 0 Å². The van der Waals surface area contributed by atoms with Crippen molar-refractivity contribution in [1.29, 1.82) is 0 Å². The van der Waals surface area contributed by atoms with Gasteiger partial charge in [0.1, 0.15) is 0 Å². The Kier molecular flexibility index (Phi) is 4.87. The van der Waals surface area contributed by atoms with Crippen molar-refractivity contribution in [1.82, 2.24) is 4.31 Å². The first-order valence-corrected chi connectivity index (χ1v) is 8.70. The average Bonchev–Trinajstić information content (AvgIpc) is 2.64. The summed E-state index contributed by atoms with van der Waals surface area (Å²) in [6.07, 6.45) is 4.11. The van der Waals surface area contributed by atoms with E-state index in [2.05, 4.69) is 0 Å². The van der Waals surface area contributed by atoms with E-state index in [-0.39, 0.29) is 6.04 Å². The Labute approximate surface area is 120 Å². The normalized spacial score (nSPS) is 22.1. The van der Waals surface area contributed by atoms with E-state index < -0.39 is 10.0 Å². The van der Waals surface area contributed by atoms with Crippen LogP contribution in [0.15, 0.2) is 29.2 Å². The molecular formula is C14H20ClNO2S. The quantitative estimate of drug-likeness (QED) is 0.803. The van der Waals surface area contributed by atoms with E-state index in [9.17, 15) is 8.42 Å². The van der Waals surface area contributed by atoms with Crippen molar-refractivity contribution >= 4 is 21.6 Å². The molecule has 1 aliphatic rings. The summed E-state index contributed by atoms with van der Waals surface area (Å²) in [6.45, 7) is 2.62. The van der Waals surface area contributed by atoms with Crippen molar-refractivity contribution < 1.29 is 8.42 Å². The number of benzene rings is 1. The van der Waals surface area contributed by atoms with Gasteiger partial charge in [-0.25, -0.2) is 8.42 Å². The van der Waals surface area contributed by atoms with Crippen LogP contribution in [0.1, 0.15) is 38.2 Å². The van der Waals surface area contributed by atoms with Gasteiger partial charge in [0.05, 0.1) is 4.90 Å². The number of sulfonamides is 1. The van der Waals surface area contributed by atoms with Crippen LogP contribution in [-0.2, 0) is 15.9 Å². The van der Waals surface area contributed by atoms with Crippen molar-refractivity contribution in [3.05, 3.63) is 29.8 Å². The molecule has 19 heavy (non-hydrogen) atoms. The van der Waals surface area contributed by atoms with Gasteiger partial charge < -0.3 is 0 Å². The predicted octanol–water partition coefficient (Wildman–Crippen LogP) is 3.38.